The molecule has 4 heteroatoms. The first-order valence-electron chi connectivity index (χ1n) is 6.98. The lowest BCUT2D eigenvalue weighted by atomic mass is 9.84. The fourth-order valence-corrected chi connectivity index (χ4v) is 3.74. The number of rotatable bonds is 2. The van der Waals surface area contributed by atoms with Gasteiger partial charge in [0, 0.05) is 23.5 Å². The highest BCUT2D eigenvalue weighted by molar-refractivity contribution is 9.10. The van der Waals surface area contributed by atoms with Crippen LogP contribution in [0.4, 0.5) is 0 Å². The molecule has 2 atom stereocenters. The van der Waals surface area contributed by atoms with Crippen molar-refractivity contribution < 1.29 is 4.79 Å². The molecule has 0 radical (unpaired) electrons. The van der Waals surface area contributed by atoms with Crippen LogP contribution in [-0.4, -0.2) is 29.9 Å². The van der Waals surface area contributed by atoms with Gasteiger partial charge in [-0.1, -0.05) is 28.1 Å². The summed E-state index contributed by atoms with van der Waals surface area (Å²) in [6.07, 6.45) is 2.84. The van der Waals surface area contributed by atoms with Crippen molar-refractivity contribution in [3.63, 3.8) is 0 Å². The van der Waals surface area contributed by atoms with E-state index in [4.69, 9.17) is 0 Å². The van der Waals surface area contributed by atoms with Crippen molar-refractivity contribution in [3.05, 3.63) is 34.3 Å². The molecule has 19 heavy (non-hydrogen) atoms. The van der Waals surface area contributed by atoms with E-state index in [2.05, 4.69) is 38.3 Å². The molecule has 1 aromatic carbocycles. The molecule has 0 aromatic heterocycles. The van der Waals surface area contributed by atoms with Crippen molar-refractivity contribution in [2.75, 3.05) is 13.1 Å². The molecule has 2 saturated heterocycles. The zero-order valence-electron chi connectivity index (χ0n) is 10.9. The maximum Gasteiger partial charge on any atom is 0.223 e. The van der Waals surface area contributed by atoms with Gasteiger partial charge in [0.2, 0.25) is 5.91 Å². The first kappa shape index (κ1) is 13.1. The molecule has 0 saturated carbocycles. The second-order valence-corrected chi connectivity index (χ2v) is 6.43. The Morgan fingerprint density at radius 1 is 1.37 bits per heavy atom. The molecule has 3 nitrogen and oxygen atoms in total. The summed E-state index contributed by atoms with van der Waals surface area (Å²) >= 11 is 3.50. The van der Waals surface area contributed by atoms with E-state index < -0.39 is 0 Å². The van der Waals surface area contributed by atoms with Gasteiger partial charge in [0.15, 0.2) is 0 Å². The van der Waals surface area contributed by atoms with E-state index in [0.717, 1.165) is 36.9 Å². The zero-order valence-corrected chi connectivity index (χ0v) is 12.5. The lowest BCUT2D eigenvalue weighted by Crippen LogP contribution is -2.54. The van der Waals surface area contributed by atoms with Crippen LogP contribution in [0.2, 0.25) is 0 Å². The fourth-order valence-electron chi connectivity index (χ4n) is 3.29. The van der Waals surface area contributed by atoms with Gasteiger partial charge in [-0.05, 0) is 49.5 Å². The molecule has 0 aliphatic carbocycles. The number of carbonyl (C=O) groups is 1. The summed E-state index contributed by atoms with van der Waals surface area (Å²) in [5, 5.41) is 3.45. The Balaban J connectivity index is 1.78. The van der Waals surface area contributed by atoms with Crippen LogP contribution >= 0.6 is 15.9 Å². The quantitative estimate of drug-likeness (QED) is 0.907. The van der Waals surface area contributed by atoms with Crippen molar-refractivity contribution in [2.45, 2.75) is 31.8 Å². The zero-order chi connectivity index (χ0) is 13.2. The number of benzene rings is 1. The molecule has 2 aliphatic heterocycles. The SMILES string of the molecule is O=C1CCC2CNCCC2N1Cc1cccc(Br)c1. The molecule has 2 unspecified atom stereocenters. The third-order valence-electron chi connectivity index (χ3n) is 4.26. The summed E-state index contributed by atoms with van der Waals surface area (Å²) in [6, 6.07) is 8.70. The monoisotopic (exact) mass is 322 g/mol. The van der Waals surface area contributed by atoms with Crippen LogP contribution in [0.3, 0.4) is 0 Å². The molecule has 0 bridgehead atoms. The van der Waals surface area contributed by atoms with Crippen molar-refractivity contribution in [1.29, 1.82) is 0 Å². The maximum atomic E-state index is 12.2. The van der Waals surface area contributed by atoms with Crippen molar-refractivity contribution in [3.8, 4) is 0 Å². The number of halogens is 1. The highest BCUT2D eigenvalue weighted by Crippen LogP contribution is 2.30. The Labute approximate surface area is 122 Å². The summed E-state index contributed by atoms with van der Waals surface area (Å²) in [4.78, 5) is 14.3. The average Bonchev–Trinajstić information content (AvgIpc) is 2.42. The Bertz CT molecular complexity index is 477. The standard InChI is InChI=1S/C15H19BrN2O/c16-13-3-1-2-11(8-13)10-18-14-6-7-17-9-12(14)4-5-15(18)19/h1-3,8,12,14,17H,4-7,9-10H2. The normalized spacial score (nSPS) is 27.2. The molecule has 0 spiro atoms. The van der Waals surface area contributed by atoms with Crippen molar-refractivity contribution in [2.24, 2.45) is 5.92 Å². The lowest BCUT2D eigenvalue weighted by molar-refractivity contribution is -0.140. The van der Waals surface area contributed by atoms with E-state index in [1.165, 1.54) is 5.56 Å². The number of nitrogens with zero attached hydrogens (tertiary/aromatic N) is 1. The van der Waals surface area contributed by atoms with Crippen LogP contribution in [0.25, 0.3) is 0 Å². The fraction of sp³-hybridized carbons (Fsp3) is 0.533. The van der Waals surface area contributed by atoms with E-state index in [9.17, 15) is 4.79 Å². The number of fused-ring (bicyclic) bond motifs is 1. The van der Waals surface area contributed by atoms with E-state index in [1.807, 2.05) is 12.1 Å². The van der Waals surface area contributed by atoms with Gasteiger partial charge in [0.25, 0.3) is 0 Å². The topological polar surface area (TPSA) is 32.3 Å². The van der Waals surface area contributed by atoms with Crippen LogP contribution in [0.15, 0.2) is 28.7 Å². The Hall–Kier alpha value is -0.870. The predicted molar refractivity (Wildman–Crippen MR) is 78.7 cm³/mol. The summed E-state index contributed by atoms with van der Waals surface area (Å²) in [5.74, 6) is 0.960. The largest absolute Gasteiger partial charge is 0.335 e. The van der Waals surface area contributed by atoms with E-state index in [0.29, 0.717) is 24.3 Å². The summed E-state index contributed by atoms with van der Waals surface area (Å²) < 4.78 is 1.08. The number of hydrogen-bond donors (Lipinski definition) is 1. The van der Waals surface area contributed by atoms with E-state index in [-0.39, 0.29) is 0 Å². The molecule has 1 aromatic rings. The van der Waals surface area contributed by atoms with Crippen LogP contribution in [0.1, 0.15) is 24.8 Å². The second kappa shape index (κ2) is 5.63. The molecule has 102 valence electrons. The van der Waals surface area contributed by atoms with Crippen LogP contribution < -0.4 is 5.32 Å². The van der Waals surface area contributed by atoms with Crippen molar-refractivity contribution >= 4 is 21.8 Å². The van der Waals surface area contributed by atoms with E-state index >= 15 is 0 Å². The predicted octanol–water partition coefficient (Wildman–Crippen LogP) is 2.55. The van der Waals surface area contributed by atoms with Crippen LogP contribution in [0.5, 0.6) is 0 Å². The third-order valence-corrected chi connectivity index (χ3v) is 4.75. The van der Waals surface area contributed by atoms with Gasteiger partial charge in [-0.2, -0.15) is 0 Å². The molecule has 2 heterocycles. The number of nitrogens with one attached hydrogen (secondary N) is 1. The van der Waals surface area contributed by atoms with Crippen molar-refractivity contribution in [1.82, 2.24) is 10.2 Å². The third kappa shape index (κ3) is 2.84. The minimum absolute atomic E-state index is 0.322. The summed E-state index contributed by atoms with van der Waals surface area (Å²) in [5.41, 5.74) is 1.21. The molecule has 2 aliphatic rings. The van der Waals surface area contributed by atoms with Gasteiger partial charge < -0.3 is 10.2 Å². The van der Waals surface area contributed by atoms with Gasteiger partial charge in [-0.25, -0.2) is 0 Å². The smallest absolute Gasteiger partial charge is 0.223 e. The first-order chi connectivity index (χ1) is 9.24. The highest BCUT2D eigenvalue weighted by Gasteiger charge is 2.36. The summed E-state index contributed by atoms with van der Waals surface area (Å²) in [6.45, 7) is 2.84. The van der Waals surface area contributed by atoms with Crippen LogP contribution in [0, 0.1) is 5.92 Å². The molecule has 1 amide bonds. The Kier molecular flexibility index (Phi) is 3.89. The number of amides is 1. The average molecular weight is 323 g/mol. The summed E-state index contributed by atoms with van der Waals surface area (Å²) in [7, 11) is 0. The number of likely N-dealkylation sites (tertiary alicyclic amines) is 1. The molecule has 1 N–H and O–H groups in total. The minimum atomic E-state index is 0.322. The molecular formula is C15H19BrN2O. The van der Waals surface area contributed by atoms with Gasteiger partial charge in [0.05, 0.1) is 0 Å². The second-order valence-electron chi connectivity index (χ2n) is 5.51. The number of hydrogen-bond acceptors (Lipinski definition) is 2. The maximum absolute atomic E-state index is 12.2. The van der Waals surface area contributed by atoms with Crippen LogP contribution in [-0.2, 0) is 11.3 Å². The van der Waals surface area contributed by atoms with Gasteiger partial charge in [0.1, 0.15) is 0 Å². The number of carbonyl (C=O) groups excluding carboxylic acids is 1. The Morgan fingerprint density at radius 2 is 2.26 bits per heavy atom. The minimum Gasteiger partial charge on any atom is -0.335 e. The lowest BCUT2D eigenvalue weighted by Gasteiger charge is -2.44. The van der Waals surface area contributed by atoms with Gasteiger partial charge >= 0.3 is 0 Å². The van der Waals surface area contributed by atoms with Gasteiger partial charge in [-0.3, -0.25) is 4.79 Å². The number of piperidine rings is 2. The first-order valence-corrected chi connectivity index (χ1v) is 7.78. The van der Waals surface area contributed by atoms with Gasteiger partial charge in [-0.15, -0.1) is 0 Å². The van der Waals surface area contributed by atoms with E-state index in [1.54, 1.807) is 0 Å². The molecule has 2 fully saturated rings. The Morgan fingerprint density at radius 3 is 3.11 bits per heavy atom. The molecule has 3 rings (SSSR count). The molecular weight excluding hydrogens is 304 g/mol. The highest BCUT2D eigenvalue weighted by atomic mass is 79.9.